The number of rotatable bonds is 4. The van der Waals surface area contributed by atoms with Crippen LogP contribution in [0.15, 0.2) is 30.3 Å². The van der Waals surface area contributed by atoms with Crippen LogP contribution in [0.25, 0.3) is 6.08 Å². The normalized spacial score (nSPS) is 10.7. The van der Waals surface area contributed by atoms with Gasteiger partial charge in [0.2, 0.25) is 0 Å². The first kappa shape index (κ1) is 10.6. The van der Waals surface area contributed by atoms with E-state index in [-0.39, 0.29) is 11.6 Å². The zero-order valence-corrected chi connectivity index (χ0v) is 8.16. The highest BCUT2D eigenvalue weighted by atomic mass is 19.1. The molecule has 0 aliphatic carbocycles. The number of ketones is 1. The quantitative estimate of drug-likeness (QED) is 0.715. The maximum absolute atomic E-state index is 13.1. The smallest absolute Gasteiger partial charge is 0.136 e. The van der Waals surface area contributed by atoms with E-state index in [1.54, 1.807) is 30.4 Å². The molecule has 0 atom stereocenters. The van der Waals surface area contributed by atoms with Crippen molar-refractivity contribution in [2.24, 2.45) is 0 Å². The van der Waals surface area contributed by atoms with Crippen LogP contribution in [0, 0.1) is 5.82 Å². The Labute approximate surface area is 83.3 Å². The molecule has 0 saturated heterocycles. The summed E-state index contributed by atoms with van der Waals surface area (Å²) in [6.45, 7) is 1.82. The molecule has 0 N–H and O–H groups in total. The van der Waals surface area contributed by atoms with E-state index in [1.807, 2.05) is 6.92 Å². The Morgan fingerprint density at radius 2 is 2.14 bits per heavy atom. The van der Waals surface area contributed by atoms with Crippen molar-refractivity contribution in [2.45, 2.75) is 19.8 Å². The molecular formula is C12H13FO. The zero-order chi connectivity index (χ0) is 10.4. The minimum atomic E-state index is -0.257. The topological polar surface area (TPSA) is 17.1 Å². The zero-order valence-electron chi connectivity index (χ0n) is 8.16. The molecule has 0 aliphatic heterocycles. The van der Waals surface area contributed by atoms with Crippen LogP contribution in [0.5, 0.6) is 0 Å². The van der Waals surface area contributed by atoms with E-state index >= 15 is 0 Å². The number of halogens is 1. The molecule has 0 unspecified atom stereocenters. The van der Waals surface area contributed by atoms with Crippen LogP contribution in [0.4, 0.5) is 4.39 Å². The number of Topliss-reactive ketones (excluding diaryl/α,β-unsaturated/α-hetero) is 1. The molecule has 2 heteroatoms. The predicted molar refractivity (Wildman–Crippen MR) is 55.3 cm³/mol. The highest BCUT2D eigenvalue weighted by Crippen LogP contribution is 2.08. The lowest BCUT2D eigenvalue weighted by atomic mass is 10.1. The molecule has 0 radical (unpaired) electrons. The molecular weight excluding hydrogens is 179 g/mol. The Morgan fingerprint density at radius 1 is 1.43 bits per heavy atom. The average Bonchev–Trinajstić information content (AvgIpc) is 2.20. The minimum Gasteiger partial charge on any atom is -0.299 e. The Bertz CT molecular complexity index is 342. The maximum Gasteiger partial charge on any atom is 0.136 e. The summed E-state index contributed by atoms with van der Waals surface area (Å²) >= 11 is 0. The van der Waals surface area contributed by atoms with Crippen LogP contribution in [0.2, 0.25) is 0 Å². The Balaban J connectivity index is 2.60. The summed E-state index contributed by atoms with van der Waals surface area (Å²) in [5.74, 6) is -0.0923. The van der Waals surface area contributed by atoms with E-state index in [9.17, 15) is 9.18 Å². The van der Waals surface area contributed by atoms with E-state index < -0.39 is 0 Å². The van der Waals surface area contributed by atoms with Crippen molar-refractivity contribution >= 4 is 11.9 Å². The first-order valence-corrected chi connectivity index (χ1v) is 4.66. The largest absolute Gasteiger partial charge is 0.299 e. The SMILES string of the molecule is CCC(=O)C/C=C\c1ccccc1F. The molecule has 14 heavy (non-hydrogen) atoms. The molecule has 0 amide bonds. The molecule has 1 rings (SSSR count). The van der Waals surface area contributed by atoms with Gasteiger partial charge in [0.15, 0.2) is 0 Å². The third-order valence-corrected chi connectivity index (χ3v) is 1.94. The lowest BCUT2D eigenvalue weighted by Gasteiger charge is -1.94. The second-order valence-corrected chi connectivity index (χ2v) is 3.02. The molecule has 74 valence electrons. The van der Waals surface area contributed by atoms with Crippen molar-refractivity contribution in [2.75, 3.05) is 0 Å². The number of allylic oxidation sites excluding steroid dienone is 1. The summed E-state index contributed by atoms with van der Waals surface area (Å²) in [5, 5.41) is 0. The van der Waals surface area contributed by atoms with Crippen LogP contribution < -0.4 is 0 Å². The molecule has 0 fully saturated rings. The van der Waals surface area contributed by atoms with E-state index in [0.29, 0.717) is 18.4 Å². The van der Waals surface area contributed by atoms with Gasteiger partial charge in [0.1, 0.15) is 11.6 Å². The monoisotopic (exact) mass is 192 g/mol. The lowest BCUT2D eigenvalue weighted by molar-refractivity contribution is -0.117. The first-order chi connectivity index (χ1) is 6.74. The lowest BCUT2D eigenvalue weighted by Crippen LogP contribution is -1.90. The third-order valence-electron chi connectivity index (χ3n) is 1.94. The number of carbonyl (C=O) groups is 1. The van der Waals surface area contributed by atoms with E-state index in [4.69, 9.17) is 0 Å². The molecule has 0 heterocycles. The first-order valence-electron chi connectivity index (χ1n) is 4.66. The van der Waals surface area contributed by atoms with Gasteiger partial charge in [-0.15, -0.1) is 0 Å². The molecule has 0 aromatic heterocycles. The fourth-order valence-corrected chi connectivity index (χ4v) is 1.07. The average molecular weight is 192 g/mol. The van der Waals surface area contributed by atoms with Crippen molar-refractivity contribution in [1.82, 2.24) is 0 Å². The molecule has 1 aromatic rings. The van der Waals surface area contributed by atoms with Gasteiger partial charge < -0.3 is 0 Å². The summed E-state index contributed by atoms with van der Waals surface area (Å²) in [4.78, 5) is 10.9. The van der Waals surface area contributed by atoms with Crippen molar-refractivity contribution in [3.8, 4) is 0 Å². The maximum atomic E-state index is 13.1. The van der Waals surface area contributed by atoms with Crippen molar-refractivity contribution < 1.29 is 9.18 Å². The Hall–Kier alpha value is -1.44. The van der Waals surface area contributed by atoms with Gasteiger partial charge in [0.25, 0.3) is 0 Å². The van der Waals surface area contributed by atoms with Crippen LogP contribution in [0.3, 0.4) is 0 Å². The second kappa shape index (κ2) is 5.32. The standard InChI is InChI=1S/C12H13FO/c1-2-11(14)8-5-7-10-6-3-4-9-12(10)13/h3-7,9H,2,8H2,1H3/b7-5-. The van der Waals surface area contributed by atoms with Gasteiger partial charge in [0, 0.05) is 18.4 Å². The minimum absolute atomic E-state index is 0.164. The predicted octanol–water partition coefficient (Wildman–Crippen LogP) is 3.21. The summed E-state index contributed by atoms with van der Waals surface area (Å²) in [6.07, 6.45) is 4.25. The number of hydrogen-bond acceptors (Lipinski definition) is 1. The number of hydrogen-bond donors (Lipinski definition) is 0. The Kier molecular flexibility index (Phi) is 4.05. The molecule has 0 spiro atoms. The summed E-state index contributed by atoms with van der Waals surface area (Å²) < 4.78 is 13.1. The van der Waals surface area contributed by atoms with Crippen LogP contribution in [0.1, 0.15) is 25.3 Å². The third kappa shape index (κ3) is 3.13. The van der Waals surface area contributed by atoms with Gasteiger partial charge in [-0.05, 0) is 6.07 Å². The second-order valence-electron chi connectivity index (χ2n) is 3.02. The highest BCUT2D eigenvalue weighted by Gasteiger charge is 1.96. The fraction of sp³-hybridized carbons (Fsp3) is 0.250. The summed E-state index contributed by atoms with van der Waals surface area (Å²) in [5.41, 5.74) is 0.524. The van der Waals surface area contributed by atoms with E-state index in [1.165, 1.54) is 6.07 Å². The molecule has 0 bridgehead atoms. The van der Waals surface area contributed by atoms with Gasteiger partial charge in [-0.3, -0.25) is 4.79 Å². The summed E-state index contributed by atoms with van der Waals surface area (Å²) in [6, 6.07) is 6.50. The van der Waals surface area contributed by atoms with Gasteiger partial charge in [-0.2, -0.15) is 0 Å². The van der Waals surface area contributed by atoms with Crippen LogP contribution in [-0.4, -0.2) is 5.78 Å². The van der Waals surface area contributed by atoms with Gasteiger partial charge in [0.05, 0.1) is 0 Å². The van der Waals surface area contributed by atoms with E-state index in [0.717, 1.165) is 0 Å². The van der Waals surface area contributed by atoms with Gasteiger partial charge in [-0.25, -0.2) is 4.39 Å². The number of benzene rings is 1. The Morgan fingerprint density at radius 3 is 2.79 bits per heavy atom. The fourth-order valence-electron chi connectivity index (χ4n) is 1.07. The van der Waals surface area contributed by atoms with Crippen molar-refractivity contribution in [1.29, 1.82) is 0 Å². The van der Waals surface area contributed by atoms with Crippen molar-refractivity contribution in [3.63, 3.8) is 0 Å². The number of carbonyl (C=O) groups excluding carboxylic acids is 1. The van der Waals surface area contributed by atoms with Crippen LogP contribution in [-0.2, 0) is 4.79 Å². The summed E-state index contributed by atoms with van der Waals surface area (Å²) in [7, 11) is 0. The molecule has 1 nitrogen and oxygen atoms in total. The van der Waals surface area contributed by atoms with Gasteiger partial charge in [-0.1, -0.05) is 37.3 Å². The highest BCUT2D eigenvalue weighted by molar-refractivity contribution is 5.80. The van der Waals surface area contributed by atoms with Gasteiger partial charge >= 0.3 is 0 Å². The van der Waals surface area contributed by atoms with Crippen molar-refractivity contribution in [3.05, 3.63) is 41.7 Å². The van der Waals surface area contributed by atoms with E-state index in [2.05, 4.69) is 0 Å². The molecule has 0 saturated carbocycles. The van der Waals surface area contributed by atoms with Crippen LogP contribution >= 0.6 is 0 Å². The molecule has 0 aliphatic rings. The molecule has 1 aromatic carbocycles.